The van der Waals surface area contributed by atoms with Gasteiger partial charge in [0.1, 0.15) is 37.6 Å². The fraction of sp³-hybridized carbons (Fsp3) is 0.714. The second-order valence-electron chi connectivity index (χ2n) is 10.4. The summed E-state index contributed by atoms with van der Waals surface area (Å²) < 4.78 is 55.2. The summed E-state index contributed by atoms with van der Waals surface area (Å²) in [6, 6.07) is -1.43. The molecule has 19 heteroatoms. The summed E-state index contributed by atoms with van der Waals surface area (Å²) in [5, 5.41) is 2.48. The minimum Gasteiger partial charge on any atom is -0.463 e. The molecule has 2 aliphatic heterocycles. The molecule has 1 amide bonds. The van der Waals surface area contributed by atoms with E-state index in [1.165, 1.54) is 0 Å². The molecule has 2 rings (SSSR count). The molecule has 0 saturated carbocycles. The van der Waals surface area contributed by atoms with Crippen LogP contribution >= 0.6 is 0 Å². The SMILES string of the molecule is CC(=O)N[C@H]1[C@@H](OC(C)=O)O[C@H](COC(C)=O)[C@@H](O[C@H]2O[C@@H](COC(C)=O)[C@@H](OC(C)=O)[C@H](OC(C)=O)[C@H]2OC(C)=O)[C@@H]1OC(C)=O. The monoisotopic (exact) mass is 677 g/mol. The van der Waals surface area contributed by atoms with Crippen LogP contribution in [0.4, 0.5) is 0 Å². The van der Waals surface area contributed by atoms with Gasteiger partial charge in [0, 0.05) is 55.4 Å². The quantitative estimate of drug-likeness (QED) is 0.187. The maximum Gasteiger partial charge on any atom is 0.305 e. The normalized spacial score (nSPS) is 30.0. The fourth-order valence-corrected chi connectivity index (χ4v) is 4.84. The molecule has 2 saturated heterocycles. The zero-order valence-electron chi connectivity index (χ0n) is 27.0. The standard InChI is InChI=1S/C28H39NO18/c1-11(30)29-21-24(41-15(5)34)22(19(9-38-12(2)31)45-27(21)44-18(8)37)47-28-26(43-17(7)36)25(42-16(6)35)23(40-14(4)33)20(46-28)10-39-13(3)32/h19-28H,9-10H2,1-8H3,(H,29,30)/t19-,20+,21-,22-,23-,24-,25+,26-,27+,28-/m1/s1. The molecule has 19 nitrogen and oxygen atoms in total. The lowest BCUT2D eigenvalue weighted by Gasteiger charge is -2.48. The molecule has 1 N–H and O–H groups in total. The van der Waals surface area contributed by atoms with Crippen LogP contribution < -0.4 is 5.32 Å². The van der Waals surface area contributed by atoms with Crippen molar-refractivity contribution >= 4 is 47.7 Å². The van der Waals surface area contributed by atoms with E-state index in [0.29, 0.717) is 0 Å². The van der Waals surface area contributed by atoms with Crippen LogP contribution in [0.2, 0.25) is 0 Å². The molecule has 0 unspecified atom stereocenters. The molecule has 0 bridgehead atoms. The number of carbonyl (C=O) groups is 8. The average molecular weight is 678 g/mol. The zero-order chi connectivity index (χ0) is 35.6. The molecule has 10 atom stereocenters. The van der Waals surface area contributed by atoms with Crippen LogP contribution in [0.25, 0.3) is 0 Å². The molecular formula is C28H39NO18. The molecular weight excluding hydrogens is 638 g/mol. The second kappa shape index (κ2) is 17.5. The molecule has 0 spiro atoms. The molecule has 0 aromatic carbocycles. The van der Waals surface area contributed by atoms with E-state index in [-0.39, 0.29) is 0 Å². The van der Waals surface area contributed by atoms with Gasteiger partial charge < -0.3 is 52.7 Å². The van der Waals surface area contributed by atoms with Gasteiger partial charge in [-0.05, 0) is 0 Å². The molecule has 0 radical (unpaired) electrons. The van der Waals surface area contributed by atoms with Crippen LogP contribution in [-0.2, 0) is 85.7 Å². The Labute approximate surface area is 269 Å². The summed E-state index contributed by atoms with van der Waals surface area (Å²) in [7, 11) is 0. The largest absolute Gasteiger partial charge is 0.463 e. The van der Waals surface area contributed by atoms with Crippen molar-refractivity contribution in [2.45, 2.75) is 117 Å². The summed E-state index contributed by atoms with van der Waals surface area (Å²) in [6.45, 7) is 7.30. The van der Waals surface area contributed by atoms with E-state index in [0.717, 1.165) is 55.4 Å². The van der Waals surface area contributed by atoms with E-state index in [1.54, 1.807) is 0 Å². The molecule has 0 aromatic rings. The minimum absolute atomic E-state index is 0.577. The number of esters is 7. The highest BCUT2D eigenvalue weighted by Crippen LogP contribution is 2.34. The van der Waals surface area contributed by atoms with Gasteiger partial charge in [-0.1, -0.05) is 0 Å². The Morgan fingerprint density at radius 2 is 0.872 bits per heavy atom. The zero-order valence-corrected chi connectivity index (χ0v) is 27.0. The Kier molecular flexibility index (Phi) is 14.5. The third kappa shape index (κ3) is 12.1. The number of hydrogen-bond acceptors (Lipinski definition) is 18. The predicted octanol–water partition coefficient (Wildman–Crippen LogP) is -1.26. The number of nitrogens with one attached hydrogen (secondary N) is 1. The first-order valence-corrected chi connectivity index (χ1v) is 14.3. The smallest absolute Gasteiger partial charge is 0.305 e. The maximum atomic E-state index is 12.3. The maximum absolute atomic E-state index is 12.3. The first-order chi connectivity index (χ1) is 21.9. The van der Waals surface area contributed by atoms with Crippen molar-refractivity contribution in [2.75, 3.05) is 13.2 Å². The first-order valence-electron chi connectivity index (χ1n) is 14.3. The second-order valence-corrected chi connectivity index (χ2v) is 10.4. The summed E-state index contributed by atoms with van der Waals surface area (Å²) >= 11 is 0. The van der Waals surface area contributed by atoms with Crippen molar-refractivity contribution in [3.63, 3.8) is 0 Å². The van der Waals surface area contributed by atoms with Crippen LogP contribution in [0.5, 0.6) is 0 Å². The third-order valence-electron chi connectivity index (χ3n) is 6.29. The molecule has 47 heavy (non-hydrogen) atoms. The highest BCUT2D eigenvalue weighted by Gasteiger charge is 2.57. The highest BCUT2D eigenvalue weighted by atomic mass is 16.8. The number of hydrogen-bond donors (Lipinski definition) is 1. The van der Waals surface area contributed by atoms with Crippen molar-refractivity contribution < 1.29 is 85.7 Å². The van der Waals surface area contributed by atoms with E-state index >= 15 is 0 Å². The third-order valence-corrected chi connectivity index (χ3v) is 6.29. The number of rotatable bonds is 12. The molecule has 2 fully saturated rings. The Hall–Kier alpha value is -4.36. The first kappa shape index (κ1) is 38.8. The van der Waals surface area contributed by atoms with E-state index in [1.807, 2.05) is 0 Å². The Morgan fingerprint density at radius 3 is 1.32 bits per heavy atom. The Morgan fingerprint density at radius 1 is 0.468 bits per heavy atom. The van der Waals surface area contributed by atoms with Crippen LogP contribution in [0, 0.1) is 0 Å². The molecule has 2 heterocycles. The molecule has 0 aromatic heterocycles. The van der Waals surface area contributed by atoms with Gasteiger partial charge in [-0.3, -0.25) is 38.4 Å². The molecule has 2 aliphatic rings. The number of carbonyl (C=O) groups excluding carboxylic acids is 8. The number of amides is 1. The summed E-state index contributed by atoms with van der Waals surface area (Å²) in [5.74, 6) is -6.64. The Bertz CT molecular complexity index is 1200. The minimum atomic E-state index is -1.80. The van der Waals surface area contributed by atoms with E-state index in [4.69, 9.17) is 47.4 Å². The van der Waals surface area contributed by atoms with Crippen molar-refractivity contribution in [3.05, 3.63) is 0 Å². The van der Waals surface area contributed by atoms with Gasteiger partial charge in [0.25, 0.3) is 0 Å². The average Bonchev–Trinajstić information content (AvgIpc) is 2.91. The molecule has 0 aliphatic carbocycles. The van der Waals surface area contributed by atoms with Crippen molar-refractivity contribution in [1.29, 1.82) is 0 Å². The summed E-state index contributed by atoms with van der Waals surface area (Å²) in [4.78, 5) is 96.5. The fourth-order valence-electron chi connectivity index (χ4n) is 4.84. The van der Waals surface area contributed by atoms with Crippen LogP contribution in [0.1, 0.15) is 55.4 Å². The van der Waals surface area contributed by atoms with Gasteiger partial charge in [-0.2, -0.15) is 0 Å². The van der Waals surface area contributed by atoms with Gasteiger partial charge >= 0.3 is 41.8 Å². The van der Waals surface area contributed by atoms with Crippen LogP contribution in [0.3, 0.4) is 0 Å². The molecule has 264 valence electrons. The lowest BCUT2D eigenvalue weighted by atomic mass is 9.94. The Balaban J connectivity index is 2.73. The van der Waals surface area contributed by atoms with Crippen molar-refractivity contribution in [3.8, 4) is 0 Å². The number of ether oxygens (including phenoxy) is 10. The van der Waals surface area contributed by atoms with Crippen molar-refractivity contribution in [1.82, 2.24) is 5.32 Å². The lowest BCUT2D eigenvalue weighted by Crippen LogP contribution is -2.69. The van der Waals surface area contributed by atoms with Crippen LogP contribution in [0.15, 0.2) is 0 Å². The van der Waals surface area contributed by atoms with Gasteiger partial charge in [0.05, 0.1) is 0 Å². The van der Waals surface area contributed by atoms with E-state index in [9.17, 15) is 38.4 Å². The summed E-state index contributed by atoms with van der Waals surface area (Å²) in [5.41, 5.74) is 0. The van der Waals surface area contributed by atoms with E-state index in [2.05, 4.69) is 5.32 Å². The summed E-state index contributed by atoms with van der Waals surface area (Å²) in [6.07, 6.45) is -14.2. The van der Waals surface area contributed by atoms with Gasteiger partial charge in [0.15, 0.2) is 30.7 Å². The topological polar surface area (TPSA) is 241 Å². The predicted molar refractivity (Wildman–Crippen MR) is 147 cm³/mol. The highest BCUT2D eigenvalue weighted by molar-refractivity contribution is 5.74. The van der Waals surface area contributed by atoms with Crippen molar-refractivity contribution in [2.24, 2.45) is 0 Å². The lowest BCUT2D eigenvalue weighted by molar-refractivity contribution is -0.348. The van der Waals surface area contributed by atoms with Gasteiger partial charge in [-0.25, -0.2) is 0 Å². The van der Waals surface area contributed by atoms with Gasteiger partial charge in [0.2, 0.25) is 12.2 Å². The van der Waals surface area contributed by atoms with Crippen LogP contribution in [-0.4, -0.2) is 122 Å². The van der Waals surface area contributed by atoms with E-state index < -0.39 is 122 Å². The van der Waals surface area contributed by atoms with Gasteiger partial charge in [-0.15, -0.1) is 0 Å².